The monoisotopic (exact) mass is 473 g/mol. The summed E-state index contributed by atoms with van der Waals surface area (Å²) in [5.41, 5.74) is -0.910. The summed E-state index contributed by atoms with van der Waals surface area (Å²) in [5.74, 6) is 2.13. The van der Waals surface area contributed by atoms with Crippen LogP contribution in [0.25, 0.3) is 11.0 Å². The van der Waals surface area contributed by atoms with Crippen molar-refractivity contribution in [1.82, 2.24) is 24.0 Å². The average Bonchev–Trinajstić information content (AvgIpc) is 2.79. The third-order valence-electron chi connectivity index (χ3n) is 7.33. The Morgan fingerprint density at radius 1 is 1.06 bits per heavy atom. The molecular formula is C24H35N5O3S. The third-order valence-corrected chi connectivity index (χ3v) is 8.29. The van der Waals surface area contributed by atoms with Gasteiger partial charge in [0, 0.05) is 32.1 Å². The highest BCUT2D eigenvalue weighted by Crippen LogP contribution is 2.39. The lowest BCUT2D eigenvalue weighted by Crippen LogP contribution is -2.52. The highest BCUT2D eigenvalue weighted by molar-refractivity contribution is 8.00. The van der Waals surface area contributed by atoms with Crippen molar-refractivity contribution < 1.29 is 4.79 Å². The van der Waals surface area contributed by atoms with Crippen molar-refractivity contribution in [3.8, 4) is 0 Å². The Kier molecular flexibility index (Phi) is 6.46. The molecule has 1 aliphatic heterocycles. The Labute approximate surface area is 198 Å². The second kappa shape index (κ2) is 8.89. The Morgan fingerprint density at radius 2 is 1.76 bits per heavy atom. The van der Waals surface area contributed by atoms with Crippen LogP contribution in [0.5, 0.6) is 0 Å². The van der Waals surface area contributed by atoms with Crippen LogP contribution in [0.2, 0.25) is 0 Å². The maximum absolute atomic E-state index is 13.3. The molecule has 9 heteroatoms. The van der Waals surface area contributed by atoms with Crippen LogP contribution >= 0.6 is 11.8 Å². The molecule has 3 unspecified atom stereocenters. The standard InChI is InChI=1S/C24H35N5O3S/c1-14-11-12-29(16-10-8-7-9-15(14)16)17(30)13-33-20-18-19(25-22(26-20)24(2,3)4)27(5)23(32)28(6)21(18)31/h14-16H,7-13H2,1-6H3. The third kappa shape index (κ3) is 4.36. The van der Waals surface area contributed by atoms with Crippen LogP contribution in [0.3, 0.4) is 0 Å². The first-order valence-corrected chi connectivity index (χ1v) is 12.9. The SMILES string of the molecule is CC1CCN(C(=O)CSc2nc(C(C)(C)C)nc3c2c(=O)n(C)c(=O)n3C)C2CCCCC12. The molecule has 180 valence electrons. The molecule has 8 nitrogen and oxygen atoms in total. The van der Waals surface area contributed by atoms with Gasteiger partial charge in [-0.15, -0.1) is 0 Å². The largest absolute Gasteiger partial charge is 0.339 e. The molecule has 0 radical (unpaired) electrons. The van der Waals surface area contributed by atoms with E-state index in [4.69, 9.17) is 4.98 Å². The lowest BCUT2D eigenvalue weighted by Gasteiger charge is -2.47. The van der Waals surface area contributed by atoms with Gasteiger partial charge in [-0.2, -0.15) is 0 Å². The lowest BCUT2D eigenvalue weighted by molar-refractivity contribution is -0.136. The number of thioether (sulfide) groups is 1. The molecule has 2 aliphatic rings. The van der Waals surface area contributed by atoms with Gasteiger partial charge in [-0.05, 0) is 31.1 Å². The summed E-state index contributed by atoms with van der Waals surface area (Å²) < 4.78 is 2.46. The number of hydrogen-bond donors (Lipinski definition) is 0. The lowest BCUT2D eigenvalue weighted by atomic mass is 9.72. The van der Waals surface area contributed by atoms with Gasteiger partial charge in [0.1, 0.15) is 16.2 Å². The van der Waals surface area contributed by atoms with Gasteiger partial charge in [0.05, 0.1) is 5.75 Å². The van der Waals surface area contributed by atoms with Crippen LogP contribution in [0.4, 0.5) is 0 Å². The van der Waals surface area contributed by atoms with Gasteiger partial charge in [-0.3, -0.25) is 18.7 Å². The van der Waals surface area contributed by atoms with E-state index < -0.39 is 11.2 Å². The number of rotatable bonds is 3. The fraction of sp³-hybridized carbons (Fsp3) is 0.708. The first-order chi connectivity index (χ1) is 15.5. The predicted molar refractivity (Wildman–Crippen MR) is 131 cm³/mol. The summed E-state index contributed by atoms with van der Waals surface area (Å²) >= 11 is 1.29. The van der Waals surface area contributed by atoms with Crippen LogP contribution < -0.4 is 11.2 Å². The highest BCUT2D eigenvalue weighted by Gasteiger charge is 2.39. The molecule has 0 N–H and O–H groups in total. The van der Waals surface area contributed by atoms with Crippen molar-refractivity contribution in [1.29, 1.82) is 0 Å². The van der Waals surface area contributed by atoms with E-state index in [1.54, 1.807) is 7.05 Å². The van der Waals surface area contributed by atoms with E-state index in [2.05, 4.69) is 16.8 Å². The van der Waals surface area contributed by atoms with Gasteiger partial charge >= 0.3 is 5.69 Å². The van der Waals surface area contributed by atoms with Gasteiger partial charge in [-0.25, -0.2) is 14.8 Å². The van der Waals surface area contributed by atoms with E-state index in [0.29, 0.717) is 39.8 Å². The summed E-state index contributed by atoms with van der Waals surface area (Å²) in [4.78, 5) is 50.2. The summed E-state index contributed by atoms with van der Waals surface area (Å²) in [6.07, 6.45) is 5.77. The minimum absolute atomic E-state index is 0.106. The van der Waals surface area contributed by atoms with Crippen LogP contribution in [0, 0.1) is 11.8 Å². The number of hydrogen-bond acceptors (Lipinski definition) is 6. The number of nitrogens with zero attached hydrogens (tertiary/aromatic N) is 5. The number of aromatic nitrogens is 4. The summed E-state index contributed by atoms with van der Waals surface area (Å²) in [6.45, 7) is 9.09. The van der Waals surface area contributed by atoms with Gasteiger partial charge in [0.2, 0.25) is 5.91 Å². The molecule has 2 aromatic heterocycles. The van der Waals surface area contributed by atoms with Crippen molar-refractivity contribution in [2.75, 3.05) is 12.3 Å². The van der Waals surface area contributed by atoms with E-state index in [1.165, 1.54) is 42.6 Å². The molecule has 1 amide bonds. The molecule has 2 fully saturated rings. The molecule has 1 aliphatic carbocycles. The second-order valence-corrected chi connectivity index (χ2v) is 11.6. The van der Waals surface area contributed by atoms with Crippen molar-refractivity contribution in [2.24, 2.45) is 25.9 Å². The van der Waals surface area contributed by atoms with Crippen LogP contribution in [-0.4, -0.2) is 48.2 Å². The van der Waals surface area contributed by atoms with Crippen LogP contribution in [0.1, 0.15) is 65.6 Å². The fourth-order valence-corrected chi connectivity index (χ4v) is 6.20. The van der Waals surface area contributed by atoms with E-state index in [-0.39, 0.29) is 17.1 Å². The van der Waals surface area contributed by atoms with Crippen molar-refractivity contribution in [3.05, 3.63) is 26.7 Å². The normalized spacial score (nSPS) is 23.6. The van der Waals surface area contributed by atoms with Gasteiger partial charge in [0.15, 0.2) is 5.65 Å². The van der Waals surface area contributed by atoms with Crippen molar-refractivity contribution >= 4 is 28.7 Å². The second-order valence-electron chi connectivity index (χ2n) is 10.7. The first kappa shape index (κ1) is 24.0. The number of piperidine rings is 1. The van der Waals surface area contributed by atoms with E-state index >= 15 is 0 Å². The number of likely N-dealkylation sites (tertiary alicyclic amines) is 1. The van der Waals surface area contributed by atoms with E-state index in [1.807, 2.05) is 20.8 Å². The molecular weight excluding hydrogens is 438 g/mol. The first-order valence-electron chi connectivity index (χ1n) is 11.9. The molecule has 0 bridgehead atoms. The van der Waals surface area contributed by atoms with Gasteiger partial charge in [0.25, 0.3) is 5.56 Å². The number of carbonyl (C=O) groups is 1. The molecule has 3 heterocycles. The Balaban J connectivity index is 1.69. The predicted octanol–water partition coefficient (Wildman–Crippen LogP) is 2.84. The van der Waals surface area contributed by atoms with E-state index in [9.17, 15) is 14.4 Å². The fourth-order valence-electron chi connectivity index (χ4n) is 5.30. The molecule has 1 saturated heterocycles. The van der Waals surface area contributed by atoms with Crippen molar-refractivity contribution in [2.45, 2.75) is 76.3 Å². The molecule has 1 saturated carbocycles. The molecule has 3 atom stereocenters. The molecule has 33 heavy (non-hydrogen) atoms. The van der Waals surface area contributed by atoms with Gasteiger partial charge < -0.3 is 4.90 Å². The molecule has 0 aromatic carbocycles. The molecule has 2 aromatic rings. The van der Waals surface area contributed by atoms with Gasteiger partial charge in [-0.1, -0.05) is 52.3 Å². The number of aryl methyl sites for hydroxylation is 1. The summed E-state index contributed by atoms with van der Waals surface area (Å²) in [6, 6.07) is 0.330. The minimum Gasteiger partial charge on any atom is -0.339 e. The van der Waals surface area contributed by atoms with Crippen LogP contribution in [-0.2, 0) is 24.3 Å². The maximum atomic E-state index is 13.3. The Hall–Kier alpha value is -2.16. The Bertz CT molecular complexity index is 1200. The van der Waals surface area contributed by atoms with E-state index in [0.717, 1.165) is 24.0 Å². The summed E-state index contributed by atoms with van der Waals surface area (Å²) in [7, 11) is 3.07. The number of amides is 1. The molecule has 4 rings (SSSR count). The number of fused-ring (bicyclic) bond motifs is 2. The quantitative estimate of drug-likeness (QED) is 0.503. The van der Waals surface area contributed by atoms with Crippen LogP contribution in [0.15, 0.2) is 14.6 Å². The maximum Gasteiger partial charge on any atom is 0.332 e. The average molecular weight is 474 g/mol. The smallest absolute Gasteiger partial charge is 0.332 e. The zero-order chi connectivity index (χ0) is 24.1. The highest BCUT2D eigenvalue weighted by atomic mass is 32.2. The molecule has 0 spiro atoms. The Morgan fingerprint density at radius 3 is 2.45 bits per heavy atom. The topological polar surface area (TPSA) is 90.1 Å². The minimum atomic E-state index is -0.428. The number of carbonyl (C=O) groups excluding carboxylic acids is 1. The van der Waals surface area contributed by atoms with Crippen molar-refractivity contribution in [3.63, 3.8) is 0 Å². The zero-order valence-electron chi connectivity index (χ0n) is 20.6. The summed E-state index contributed by atoms with van der Waals surface area (Å²) in [5, 5.41) is 0.772. The zero-order valence-corrected chi connectivity index (χ0v) is 21.4.